The average Bonchev–Trinajstić information content (AvgIpc) is 2.72. The summed E-state index contributed by atoms with van der Waals surface area (Å²) in [5.74, 6) is -3.36. The summed E-state index contributed by atoms with van der Waals surface area (Å²) < 4.78 is 5.28. The van der Waals surface area contributed by atoms with Gasteiger partial charge in [0, 0.05) is 11.8 Å². The van der Waals surface area contributed by atoms with Crippen molar-refractivity contribution in [3.8, 4) is 0 Å². The van der Waals surface area contributed by atoms with Gasteiger partial charge < -0.3 is 25.2 Å². The lowest BCUT2D eigenvalue weighted by molar-refractivity contribution is -0.170. The maximum absolute atomic E-state index is 11.6. The minimum absolute atomic E-state index is 0.121. The Balaban J connectivity index is -0.000000841. The quantitative estimate of drug-likeness (QED) is 0.166. The highest BCUT2D eigenvalue weighted by Gasteiger charge is 2.49. The second kappa shape index (κ2) is 20.3. The van der Waals surface area contributed by atoms with Crippen LogP contribution >= 0.6 is 0 Å². The van der Waals surface area contributed by atoms with E-state index in [4.69, 9.17) is 30.0 Å². The molecule has 0 aliphatic heterocycles. The molecule has 0 aromatic heterocycles. The van der Waals surface area contributed by atoms with Crippen molar-refractivity contribution in [1.82, 2.24) is 0 Å². The molecule has 0 saturated heterocycles. The number of carboxylic acid groups (broad SMARTS) is 4. The first-order chi connectivity index (χ1) is 15.4. The number of carbonyl (C=O) groups is 4. The van der Waals surface area contributed by atoms with Gasteiger partial charge in [-0.1, -0.05) is 73.6 Å². The lowest BCUT2D eigenvalue weighted by Gasteiger charge is -2.51. The molecule has 0 aromatic rings. The minimum Gasteiger partial charge on any atom is -0.481 e. The van der Waals surface area contributed by atoms with E-state index in [-0.39, 0.29) is 23.9 Å². The van der Waals surface area contributed by atoms with Crippen molar-refractivity contribution in [2.45, 2.75) is 112 Å². The molecule has 33 heavy (non-hydrogen) atoms. The van der Waals surface area contributed by atoms with Gasteiger partial charge in [0.25, 0.3) is 0 Å². The monoisotopic (exact) mass is 478 g/mol. The minimum atomic E-state index is -1.83. The number of carbonyl (C=O) groups excluding carboxylic acids is 1. The normalized spacial score (nSPS) is 10.7. The van der Waals surface area contributed by atoms with Gasteiger partial charge in [-0.3, -0.25) is 4.79 Å². The van der Waals surface area contributed by atoms with Gasteiger partial charge in [-0.2, -0.15) is 0 Å². The molecule has 0 spiro atoms. The summed E-state index contributed by atoms with van der Waals surface area (Å²) in [6.45, 7) is 12.8. The summed E-state index contributed by atoms with van der Waals surface area (Å²) in [5, 5.41) is 30.5. The summed E-state index contributed by atoms with van der Waals surface area (Å²) in [4.78, 5) is 40.4. The number of hydrogen-bond donors (Lipinski definition) is 4. The van der Waals surface area contributed by atoms with E-state index in [9.17, 15) is 14.4 Å². The molecule has 9 nitrogen and oxygen atoms in total. The number of carboxylic acids is 2. The lowest BCUT2D eigenvalue weighted by Crippen LogP contribution is -2.46. The molecule has 0 fully saturated rings. The van der Waals surface area contributed by atoms with Gasteiger partial charge in [-0.15, -0.1) is 0 Å². The van der Waals surface area contributed by atoms with E-state index in [0.717, 1.165) is 64.2 Å². The fraction of sp³-hybridized carbons (Fsp3) is 0.833. The van der Waals surface area contributed by atoms with E-state index in [0.29, 0.717) is 0 Å². The maximum Gasteiger partial charge on any atom is 0.503 e. The molecule has 0 aromatic carbocycles. The molecule has 0 atom stereocenters. The molecule has 0 amide bonds. The van der Waals surface area contributed by atoms with Crippen LogP contribution in [0, 0.1) is 10.8 Å². The third kappa shape index (κ3) is 15.2. The van der Waals surface area contributed by atoms with Crippen molar-refractivity contribution >= 4 is 24.1 Å². The first-order valence-corrected chi connectivity index (χ1v) is 11.9. The summed E-state index contributed by atoms with van der Waals surface area (Å²) in [7, 11) is 0. The summed E-state index contributed by atoms with van der Waals surface area (Å²) in [6.07, 6.45) is 9.01. The number of aliphatic carboxylic acids is 2. The van der Waals surface area contributed by atoms with Crippen LogP contribution in [-0.4, -0.2) is 51.1 Å². The van der Waals surface area contributed by atoms with Gasteiger partial charge >= 0.3 is 24.1 Å². The van der Waals surface area contributed by atoms with Gasteiger partial charge in [0.1, 0.15) is 0 Å². The van der Waals surface area contributed by atoms with E-state index < -0.39 is 24.1 Å². The number of hydrogen-bond acceptors (Lipinski definition) is 5. The summed E-state index contributed by atoms with van der Waals surface area (Å²) in [5.41, 5.74) is -0.000304. The highest BCUT2D eigenvalue weighted by Crippen LogP contribution is 2.55. The van der Waals surface area contributed by atoms with Crippen molar-refractivity contribution in [1.29, 1.82) is 0 Å². The third-order valence-electron chi connectivity index (χ3n) is 5.72. The molecule has 0 bridgehead atoms. The Hall–Kier alpha value is -2.32. The smallest absolute Gasteiger partial charge is 0.481 e. The van der Waals surface area contributed by atoms with E-state index in [1.807, 2.05) is 0 Å². The molecule has 0 saturated carbocycles. The predicted octanol–water partition coefficient (Wildman–Crippen LogP) is 6.29. The average molecular weight is 479 g/mol. The summed E-state index contributed by atoms with van der Waals surface area (Å²) in [6, 6.07) is 0. The van der Waals surface area contributed by atoms with Crippen molar-refractivity contribution in [3.63, 3.8) is 0 Å². The first-order valence-electron chi connectivity index (χ1n) is 11.9. The summed E-state index contributed by atoms with van der Waals surface area (Å²) >= 11 is 0. The van der Waals surface area contributed by atoms with E-state index >= 15 is 0 Å². The number of esters is 1. The van der Waals surface area contributed by atoms with Crippen LogP contribution in [0.25, 0.3) is 0 Å². The van der Waals surface area contributed by atoms with Crippen molar-refractivity contribution in [3.05, 3.63) is 0 Å². The van der Waals surface area contributed by atoms with Crippen LogP contribution < -0.4 is 0 Å². The first kappa shape index (κ1) is 35.3. The molecule has 196 valence electrons. The topological polar surface area (TPSA) is 158 Å². The Morgan fingerprint density at radius 3 is 1.09 bits per heavy atom. The Morgan fingerprint density at radius 2 is 0.879 bits per heavy atom. The molecule has 9 heteroatoms. The van der Waals surface area contributed by atoms with Crippen LogP contribution in [0.4, 0.5) is 4.79 Å². The molecule has 4 N–H and O–H groups in total. The number of rotatable bonds is 14. The van der Waals surface area contributed by atoms with Crippen molar-refractivity contribution in [2.24, 2.45) is 10.8 Å². The SMILES string of the molecule is CCC(=O)O.CCCC(CCC)(CCC)C(CCC)(CCC)COC(=O)C(=O)O.O=C(O)O. The maximum atomic E-state index is 11.6. The molecule has 0 rings (SSSR count). The Kier molecular flexibility index (Phi) is 21.7. The van der Waals surface area contributed by atoms with Crippen LogP contribution in [-0.2, 0) is 19.1 Å². The van der Waals surface area contributed by atoms with Gasteiger partial charge in [0.05, 0.1) is 6.61 Å². The third-order valence-corrected chi connectivity index (χ3v) is 5.72. The molecule has 0 radical (unpaired) electrons. The highest BCUT2D eigenvalue weighted by molar-refractivity contribution is 6.28. The van der Waals surface area contributed by atoms with Gasteiger partial charge in [-0.25, -0.2) is 14.4 Å². The van der Waals surface area contributed by atoms with E-state index in [1.165, 1.54) is 0 Å². The second-order valence-corrected chi connectivity index (χ2v) is 8.22. The molecule has 0 aliphatic rings. The Morgan fingerprint density at radius 1 is 0.606 bits per heavy atom. The standard InChI is InChI=1S/C20H38O4.C3H6O2.CH2O3/c1-6-11-19(12-7-2,13-8-3)20(14-9-4,15-10-5)16-24-18(23)17(21)22;1-2-3(4)5;2-1(3)4/h6-16H2,1-5H3,(H,21,22);2H2,1H3,(H,4,5);(H2,2,3,4). The van der Waals surface area contributed by atoms with Crippen LogP contribution in [0.3, 0.4) is 0 Å². The fourth-order valence-corrected chi connectivity index (χ4v) is 4.78. The fourth-order valence-electron chi connectivity index (χ4n) is 4.78. The van der Waals surface area contributed by atoms with Crippen LogP contribution in [0.1, 0.15) is 112 Å². The van der Waals surface area contributed by atoms with Crippen molar-refractivity contribution < 1.29 is 44.3 Å². The van der Waals surface area contributed by atoms with E-state index in [2.05, 4.69) is 34.6 Å². The zero-order chi connectivity index (χ0) is 26.5. The van der Waals surface area contributed by atoms with Crippen molar-refractivity contribution in [2.75, 3.05) is 6.61 Å². The molecule has 0 unspecified atom stereocenters. The number of ether oxygens (including phenoxy) is 1. The largest absolute Gasteiger partial charge is 0.503 e. The van der Waals surface area contributed by atoms with Crippen LogP contribution in [0.15, 0.2) is 0 Å². The zero-order valence-electron chi connectivity index (χ0n) is 21.3. The zero-order valence-corrected chi connectivity index (χ0v) is 21.3. The molecule has 0 heterocycles. The second-order valence-electron chi connectivity index (χ2n) is 8.22. The van der Waals surface area contributed by atoms with E-state index in [1.54, 1.807) is 6.92 Å². The van der Waals surface area contributed by atoms with Gasteiger partial charge in [0.2, 0.25) is 0 Å². The van der Waals surface area contributed by atoms with Crippen LogP contribution in [0.5, 0.6) is 0 Å². The predicted molar refractivity (Wildman–Crippen MR) is 127 cm³/mol. The Labute approximate surface area is 198 Å². The molecular weight excluding hydrogens is 432 g/mol. The highest BCUT2D eigenvalue weighted by atomic mass is 16.6. The Bertz CT molecular complexity index is 531. The molecular formula is C24H46O9. The van der Waals surface area contributed by atoms with Crippen LogP contribution in [0.2, 0.25) is 0 Å². The lowest BCUT2D eigenvalue weighted by atomic mass is 9.54. The molecule has 0 aliphatic carbocycles. The van der Waals surface area contributed by atoms with Gasteiger partial charge in [0.15, 0.2) is 0 Å². The van der Waals surface area contributed by atoms with Gasteiger partial charge in [-0.05, 0) is 37.5 Å².